The molecule has 9 heteroatoms. The molecule has 0 aliphatic carbocycles. The highest BCUT2D eigenvalue weighted by Crippen LogP contribution is 2.30. The van der Waals surface area contributed by atoms with E-state index in [0.717, 1.165) is 0 Å². The largest absolute Gasteiger partial charge is 0.495 e. The normalized spacial score (nSPS) is 11.0. The number of aliphatic carboxylic acids is 1. The molecule has 0 saturated heterocycles. The molecule has 1 amide bonds. The number of anilines is 2. The molecule has 2 aromatic rings. The third-order valence-corrected chi connectivity index (χ3v) is 4.39. The van der Waals surface area contributed by atoms with Crippen molar-refractivity contribution in [2.75, 3.05) is 24.9 Å². The summed E-state index contributed by atoms with van der Waals surface area (Å²) in [5.41, 5.74) is 1.94. The SMILES string of the molecule is COC(=O)C(Nc1ccc(C#N)cc1)c1ccc(OC)c(NC(=O)CCCC(=O)O)c1. The Kier molecular flexibility index (Phi) is 8.40. The van der Waals surface area contributed by atoms with E-state index >= 15 is 0 Å². The predicted octanol–water partition coefficient (Wildman–Crippen LogP) is 3.09. The molecule has 2 rings (SSSR count). The van der Waals surface area contributed by atoms with Crippen molar-refractivity contribution in [1.82, 2.24) is 0 Å². The smallest absolute Gasteiger partial charge is 0.332 e. The summed E-state index contributed by atoms with van der Waals surface area (Å²) in [4.78, 5) is 35.2. The molecule has 31 heavy (non-hydrogen) atoms. The zero-order valence-electron chi connectivity index (χ0n) is 17.2. The maximum Gasteiger partial charge on any atom is 0.332 e. The third-order valence-electron chi connectivity index (χ3n) is 4.39. The average Bonchev–Trinajstić information content (AvgIpc) is 2.77. The summed E-state index contributed by atoms with van der Waals surface area (Å²) in [5.74, 6) is -1.50. The molecule has 0 aromatic heterocycles. The van der Waals surface area contributed by atoms with Gasteiger partial charge in [-0.1, -0.05) is 6.07 Å². The monoisotopic (exact) mass is 425 g/mol. The van der Waals surface area contributed by atoms with Crippen LogP contribution in [0.1, 0.15) is 36.4 Å². The molecule has 0 fully saturated rings. The number of methoxy groups -OCH3 is 2. The van der Waals surface area contributed by atoms with E-state index in [-0.39, 0.29) is 25.2 Å². The van der Waals surface area contributed by atoms with E-state index in [1.54, 1.807) is 42.5 Å². The quantitative estimate of drug-likeness (QED) is 0.494. The molecule has 9 nitrogen and oxygen atoms in total. The number of amides is 1. The van der Waals surface area contributed by atoms with Crippen molar-refractivity contribution in [3.05, 3.63) is 53.6 Å². The minimum Gasteiger partial charge on any atom is -0.495 e. The number of benzene rings is 2. The van der Waals surface area contributed by atoms with Crippen LogP contribution in [0.25, 0.3) is 0 Å². The molecule has 2 aromatic carbocycles. The number of esters is 1. The molecule has 162 valence electrons. The fraction of sp³-hybridized carbons (Fsp3) is 0.273. The van der Waals surface area contributed by atoms with Crippen LogP contribution < -0.4 is 15.4 Å². The zero-order valence-corrected chi connectivity index (χ0v) is 17.2. The minimum absolute atomic E-state index is 0.0314. The van der Waals surface area contributed by atoms with Crippen LogP contribution in [0.5, 0.6) is 5.75 Å². The van der Waals surface area contributed by atoms with Gasteiger partial charge in [0.2, 0.25) is 5.91 Å². The zero-order chi connectivity index (χ0) is 22.8. The lowest BCUT2D eigenvalue weighted by Crippen LogP contribution is -2.22. The fourth-order valence-corrected chi connectivity index (χ4v) is 2.82. The van der Waals surface area contributed by atoms with Gasteiger partial charge in [-0.2, -0.15) is 5.26 Å². The van der Waals surface area contributed by atoms with E-state index in [1.807, 2.05) is 6.07 Å². The van der Waals surface area contributed by atoms with Crippen molar-refractivity contribution in [2.45, 2.75) is 25.3 Å². The first kappa shape index (κ1) is 23.2. The van der Waals surface area contributed by atoms with Crippen LogP contribution in [0.3, 0.4) is 0 Å². The van der Waals surface area contributed by atoms with Crippen LogP contribution in [0.4, 0.5) is 11.4 Å². The Bertz CT molecular complexity index is 982. The first-order valence-corrected chi connectivity index (χ1v) is 9.42. The van der Waals surface area contributed by atoms with Crippen molar-refractivity contribution in [2.24, 2.45) is 0 Å². The van der Waals surface area contributed by atoms with Gasteiger partial charge in [-0.25, -0.2) is 4.79 Å². The van der Waals surface area contributed by atoms with Gasteiger partial charge in [-0.15, -0.1) is 0 Å². The molecule has 0 radical (unpaired) electrons. The Morgan fingerprint density at radius 1 is 1.10 bits per heavy atom. The molecule has 0 aliphatic rings. The lowest BCUT2D eigenvalue weighted by atomic mass is 10.0. The van der Waals surface area contributed by atoms with Crippen molar-refractivity contribution in [1.29, 1.82) is 5.26 Å². The first-order valence-electron chi connectivity index (χ1n) is 9.42. The first-order chi connectivity index (χ1) is 14.9. The summed E-state index contributed by atoms with van der Waals surface area (Å²) in [7, 11) is 2.71. The molecule has 1 atom stereocenters. The topological polar surface area (TPSA) is 138 Å². The molecular formula is C22H23N3O6. The number of ether oxygens (including phenoxy) is 2. The molecule has 0 heterocycles. The minimum atomic E-state index is -0.970. The van der Waals surface area contributed by atoms with Gasteiger partial charge in [0.1, 0.15) is 5.75 Å². The number of carbonyl (C=O) groups is 3. The molecule has 0 bridgehead atoms. The van der Waals surface area contributed by atoms with Crippen LogP contribution >= 0.6 is 0 Å². The number of carbonyl (C=O) groups excluding carboxylic acids is 2. The number of rotatable bonds is 10. The van der Waals surface area contributed by atoms with Crippen LogP contribution in [-0.2, 0) is 19.1 Å². The maximum absolute atomic E-state index is 12.4. The van der Waals surface area contributed by atoms with Gasteiger partial charge in [0.15, 0.2) is 6.04 Å². The summed E-state index contributed by atoms with van der Waals surface area (Å²) in [6.45, 7) is 0. The number of nitriles is 1. The van der Waals surface area contributed by atoms with E-state index in [9.17, 15) is 14.4 Å². The van der Waals surface area contributed by atoms with E-state index in [0.29, 0.717) is 28.3 Å². The van der Waals surface area contributed by atoms with Crippen LogP contribution in [-0.4, -0.2) is 37.2 Å². The highest BCUT2D eigenvalue weighted by molar-refractivity contribution is 5.93. The standard InChI is InChI=1S/C22H23N3O6/c1-30-18-11-8-15(12-17(18)25-19(26)4-3-5-20(27)28)21(22(29)31-2)24-16-9-6-14(13-23)7-10-16/h6-12,21,24H,3-5H2,1-2H3,(H,25,26)(H,27,28). The summed E-state index contributed by atoms with van der Waals surface area (Å²) < 4.78 is 10.2. The summed E-state index contributed by atoms with van der Waals surface area (Å²) in [6.07, 6.45) is 0.126. The van der Waals surface area contributed by atoms with Crippen LogP contribution in [0.15, 0.2) is 42.5 Å². The second-order valence-electron chi connectivity index (χ2n) is 6.54. The maximum atomic E-state index is 12.4. The molecule has 3 N–H and O–H groups in total. The molecule has 0 aliphatic heterocycles. The van der Waals surface area contributed by atoms with Gasteiger partial charge in [0.05, 0.1) is 31.5 Å². The van der Waals surface area contributed by atoms with Crippen LogP contribution in [0.2, 0.25) is 0 Å². The predicted molar refractivity (Wildman–Crippen MR) is 113 cm³/mol. The summed E-state index contributed by atoms with van der Waals surface area (Å²) >= 11 is 0. The summed E-state index contributed by atoms with van der Waals surface area (Å²) in [6, 6.07) is 12.6. The summed E-state index contributed by atoms with van der Waals surface area (Å²) in [5, 5.41) is 23.4. The Balaban J connectivity index is 2.26. The van der Waals surface area contributed by atoms with E-state index in [4.69, 9.17) is 19.8 Å². The number of carboxylic acid groups (broad SMARTS) is 1. The average molecular weight is 425 g/mol. The second-order valence-corrected chi connectivity index (χ2v) is 6.54. The van der Waals surface area contributed by atoms with Gasteiger partial charge in [-0.3, -0.25) is 9.59 Å². The fourth-order valence-electron chi connectivity index (χ4n) is 2.82. The third kappa shape index (κ3) is 6.75. The molecule has 0 saturated carbocycles. The number of nitrogens with one attached hydrogen (secondary N) is 2. The highest BCUT2D eigenvalue weighted by atomic mass is 16.5. The Labute approximate surface area is 179 Å². The van der Waals surface area contributed by atoms with E-state index in [2.05, 4.69) is 10.6 Å². The molecular weight excluding hydrogens is 402 g/mol. The van der Waals surface area contributed by atoms with Crippen LogP contribution in [0, 0.1) is 11.3 Å². The van der Waals surface area contributed by atoms with Gasteiger partial charge in [-0.05, 0) is 48.4 Å². The van der Waals surface area contributed by atoms with Crippen molar-refractivity contribution in [3.63, 3.8) is 0 Å². The number of nitrogens with zero attached hydrogens (tertiary/aromatic N) is 1. The van der Waals surface area contributed by atoms with Gasteiger partial charge >= 0.3 is 11.9 Å². The van der Waals surface area contributed by atoms with Gasteiger partial charge in [0, 0.05) is 18.5 Å². The van der Waals surface area contributed by atoms with Gasteiger partial charge in [0.25, 0.3) is 0 Å². The number of carboxylic acids is 1. The van der Waals surface area contributed by atoms with Crippen molar-refractivity contribution < 1.29 is 29.0 Å². The lowest BCUT2D eigenvalue weighted by molar-refractivity contribution is -0.141. The lowest BCUT2D eigenvalue weighted by Gasteiger charge is -2.20. The molecule has 0 spiro atoms. The van der Waals surface area contributed by atoms with Crippen molar-refractivity contribution >= 4 is 29.2 Å². The Morgan fingerprint density at radius 2 is 1.81 bits per heavy atom. The highest BCUT2D eigenvalue weighted by Gasteiger charge is 2.23. The molecule has 1 unspecified atom stereocenters. The van der Waals surface area contributed by atoms with E-state index in [1.165, 1.54) is 14.2 Å². The Morgan fingerprint density at radius 3 is 2.39 bits per heavy atom. The number of hydrogen-bond acceptors (Lipinski definition) is 7. The van der Waals surface area contributed by atoms with Gasteiger partial charge < -0.3 is 25.2 Å². The second kappa shape index (κ2) is 11.2. The number of hydrogen-bond donors (Lipinski definition) is 3. The van der Waals surface area contributed by atoms with Crippen molar-refractivity contribution in [3.8, 4) is 11.8 Å². The van der Waals surface area contributed by atoms with E-state index < -0.39 is 18.0 Å². The Hall–Kier alpha value is -4.06.